The maximum Gasteiger partial charge on any atom is 0.165 e. The molecule has 0 unspecified atom stereocenters. The van der Waals surface area contributed by atoms with E-state index in [1.807, 2.05) is 19.1 Å². The van der Waals surface area contributed by atoms with Gasteiger partial charge in [-0.15, -0.1) is 0 Å². The fraction of sp³-hybridized carbons (Fsp3) is 0.625. The van der Waals surface area contributed by atoms with Crippen LogP contribution in [0.15, 0.2) is 18.2 Å². The summed E-state index contributed by atoms with van der Waals surface area (Å²) in [5.74, 6) is 1.66. The number of nitrogens with zero attached hydrogens (tertiary/aromatic N) is 1. The van der Waals surface area contributed by atoms with Crippen molar-refractivity contribution >= 4 is 0 Å². The molecule has 0 saturated heterocycles. The zero-order valence-electron chi connectivity index (χ0n) is 13.2. The Labute approximate surface area is 123 Å². The van der Waals surface area contributed by atoms with Gasteiger partial charge in [-0.3, -0.25) is 0 Å². The molecular formula is C16H28N2O2. The van der Waals surface area contributed by atoms with Crippen molar-refractivity contribution in [1.82, 2.24) is 10.2 Å². The van der Waals surface area contributed by atoms with Crippen molar-refractivity contribution in [1.29, 1.82) is 0 Å². The van der Waals surface area contributed by atoms with Crippen molar-refractivity contribution in [3.05, 3.63) is 23.8 Å². The predicted octanol–water partition coefficient (Wildman–Crippen LogP) is 2.53. The van der Waals surface area contributed by atoms with Crippen LogP contribution >= 0.6 is 0 Å². The van der Waals surface area contributed by atoms with Gasteiger partial charge in [-0.2, -0.15) is 0 Å². The highest BCUT2D eigenvalue weighted by Crippen LogP contribution is 2.30. The molecule has 0 fully saturated rings. The zero-order valence-corrected chi connectivity index (χ0v) is 13.2. The minimum absolute atomic E-state index is 0.646. The first-order valence-electron chi connectivity index (χ1n) is 7.48. The molecule has 1 rings (SSSR count). The zero-order chi connectivity index (χ0) is 14.8. The van der Waals surface area contributed by atoms with Gasteiger partial charge in [0.2, 0.25) is 0 Å². The van der Waals surface area contributed by atoms with Crippen molar-refractivity contribution in [2.75, 3.05) is 39.9 Å². The van der Waals surface area contributed by atoms with E-state index in [-0.39, 0.29) is 0 Å². The minimum atomic E-state index is 0.646. The summed E-state index contributed by atoms with van der Waals surface area (Å²) in [7, 11) is 1.68. The number of hydrogen-bond acceptors (Lipinski definition) is 4. The second-order valence-electron chi connectivity index (χ2n) is 4.59. The van der Waals surface area contributed by atoms with Gasteiger partial charge in [0.1, 0.15) is 0 Å². The smallest absolute Gasteiger partial charge is 0.165 e. The Bertz CT molecular complexity index is 379. The summed E-state index contributed by atoms with van der Waals surface area (Å²) in [4.78, 5) is 2.40. The second-order valence-corrected chi connectivity index (χ2v) is 4.59. The molecular weight excluding hydrogens is 252 g/mol. The van der Waals surface area contributed by atoms with Crippen LogP contribution < -0.4 is 14.8 Å². The third-order valence-electron chi connectivity index (χ3n) is 3.38. The van der Waals surface area contributed by atoms with Crippen LogP contribution in [0.5, 0.6) is 11.5 Å². The first kappa shape index (κ1) is 16.8. The summed E-state index contributed by atoms with van der Waals surface area (Å²) < 4.78 is 11.1. The molecule has 0 heterocycles. The maximum atomic E-state index is 5.70. The normalized spacial score (nSPS) is 10.8. The number of rotatable bonds is 10. The molecule has 0 amide bonds. The fourth-order valence-electron chi connectivity index (χ4n) is 2.17. The van der Waals surface area contributed by atoms with Gasteiger partial charge in [0.15, 0.2) is 11.5 Å². The number of para-hydroxylation sites is 1. The lowest BCUT2D eigenvalue weighted by Crippen LogP contribution is -2.31. The van der Waals surface area contributed by atoms with Crippen LogP contribution in [0, 0.1) is 0 Å². The first-order chi connectivity index (χ1) is 9.76. The van der Waals surface area contributed by atoms with Crippen LogP contribution in [-0.2, 0) is 6.54 Å². The van der Waals surface area contributed by atoms with Crippen LogP contribution in [0.25, 0.3) is 0 Å². The van der Waals surface area contributed by atoms with E-state index in [2.05, 4.69) is 30.1 Å². The fourth-order valence-corrected chi connectivity index (χ4v) is 2.17. The average Bonchev–Trinajstić information content (AvgIpc) is 2.49. The van der Waals surface area contributed by atoms with Crippen molar-refractivity contribution in [3.63, 3.8) is 0 Å². The molecule has 0 aliphatic heterocycles. The summed E-state index contributed by atoms with van der Waals surface area (Å²) >= 11 is 0. The quantitative estimate of drug-likeness (QED) is 0.668. The molecule has 114 valence electrons. The Balaban J connectivity index is 2.54. The molecule has 1 aromatic rings. The number of benzene rings is 1. The molecule has 4 heteroatoms. The topological polar surface area (TPSA) is 33.7 Å². The highest BCUT2D eigenvalue weighted by Gasteiger charge is 2.09. The molecule has 0 bridgehead atoms. The van der Waals surface area contributed by atoms with Gasteiger partial charge in [-0.05, 0) is 26.1 Å². The Morgan fingerprint density at radius 3 is 2.50 bits per heavy atom. The monoisotopic (exact) mass is 280 g/mol. The number of hydrogen-bond donors (Lipinski definition) is 1. The Hall–Kier alpha value is -1.26. The summed E-state index contributed by atoms with van der Waals surface area (Å²) in [6, 6.07) is 6.02. The molecule has 1 aromatic carbocycles. The van der Waals surface area contributed by atoms with Crippen molar-refractivity contribution in [3.8, 4) is 11.5 Å². The van der Waals surface area contributed by atoms with Gasteiger partial charge in [0.25, 0.3) is 0 Å². The van der Waals surface area contributed by atoms with E-state index in [0.717, 1.165) is 49.8 Å². The van der Waals surface area contributed by atoms with Crippen LogP contribution in [0.1, 0.15) is 26.3 Å². The highest BCUT2D eigenvalue weighted by molar-refractivity contribution is 5.46. The van der Waals surface area contributed by atoms with E-state index < -0.39 is 0 Å². The molecule has 0 atom stereocenters. The lowest BCUT2D eigenvalue weighted by molar-refractivity contribution is 0.297. The Morgan fingerprint density at radius 2 is 1.90 bits per heavy atom. The predicted molar refractivity (Wildman–Crippen MR) is 83.7 cm³/mol. The van der Waals surface area contributed by atoms with Crippen LogP contribution in [0.3, 0.4) is 0 Å². The number of nitrogens with one attached hydrogen (secondary N) is 1. The number of likely N-dealkylation sites (N-methyl/N-ethyl adjacent to an activating group) is 1. The molecule has 0 spiro atoms. The summed E-state index contributed by atoms with van der Waals surface area (Å²) in [5.41, 5.74) is 1.14. The number of ether oxygens (including phenoxy) is 2. The molecule has 0 aliphatic carbocycles. The third kappa shape index (κ3) is 5.02. The Morgan fingerprint density at radius 1 is 1.15 bits per heavy atom. The lowest BCUT2D eigenvalue weighted by atomic mass is 10.2. The lowest BCUT2D eigenvalue weighted by Gasteiger charge is -2.19. The van der Waals surface area contributed by atoms with Crippen molar-refractivity contribution in [2.24, 2.45) is 0 Å². The second kappa shape index (κ2) is 9.61. The largest absolute Gasteiger partial charge is 0.493 e. The summed E-state index contributed by atoms with van der Waals surface area (Å²) in [6.07, 6.45) is 0. The van der Waals surface area contributed by atoms with Crippen LogP contribution in [0.2, 0.25) is 0 Å². The van der Waals surface area contributed by atoms with Crippen LogP contribution in [-0.4, -0.2) is 44.8 Å². The summed E-state index contributed by atoms with van der Waals surface area (Å²) in [5, 5.41) is 3.47. The third-order valence-corrected chi connectivity index (χ3v) is 3.38. The highest BCUT2D eigenvalue weighted by atomic mass is 16.5. The van der Waals surface area contributed by atoms with E-state index in [0.29, 0.717) is 6.61 Å². The van der Waals surface area contributed by atoms with E-state index in [1.165, 1.54) is 0 Å². The minimum Gasteiger partial charge on any atom is -0.493 e. The number of methoxy groups -OCH3 is 1. The van der Waals surface area contributed by atoms with Gasteiger partial charge < -0.3 is 19.7 Å². The van der Waals surface area contributed by atoms with Crippen molar-refractivity contribution < 1.29 is 9.47 Å². The molecule has 4 nitrogen and oxygen atoms in total. The standard InChI is InChI=1S/C16H28N2O2/c1-5-18(6-2)12-11-17-13-14-9-8-10-15(19-4)16(14)20-7-3/h8-10,17H,5-7,11-13H2,1-4H3. The SMILES string of the molecule is CCOc1c(CNCCN(CC)CC)cccc1OC. The van der Waals surface area contributed by atoms with Gasteiger partial charge in [-0.25, -0.2) is 0 Å². The van der Waals surface area contributed by atoms with Crippen LogP contribution in [0.4, 0.5) is 0 Å². The molecule has 0 saturated carbocycles. The Kier molecular flexibility index (Phi) is 8.07. The molecule has 1 N–H and O–H groups in total. The average molecular weight is 280 g/mol. The van der Waals surface area contributed by atoms with E-state index in [1.54, 1.807) is 7.11 Å². The molecule has 0 aliphatic rings. The first-order valence-corrected chi connectivity index (χ1v) is 7.48. The maximum absolute atomic E-state index is 5.70. The molecule has 20 heavy (non-hydrogen) atoms. The van der Waals surface area contributed by atoms with E-state index >= 15 is 0 Å². The molecule has 0 aromatic heterocycles. The van der Waals surface area contributed by atoms with E-state index in [4.69, 9.17) is 9.47 Å². The van der Waals surface area contributed by atoms with Gasteiger partial charge >= 0.3 is 0 Å². The van der Waals surface area contributed by atoms with Gasteiger partial charge in [0, 0.05) is 25.2 Å². The van der Waals surface area contributed by atoms with Gasteiger partial charge in [-0.1, -0.05) is 26.0 Å². The van der Waals surface area contributed by atoms with E-state index in [9.17, 15) is 0 Å². The molecule has 0 radical (unpaired) electrons. The van der Waals surface area contributed by atoms with Crippen molar-refractivity contribution in [2.45, 2.75) is 27.3 Å². The summed E-state index contributed by atoms with van der Waals surface area (Å²) in [6.45, 7) is 12.1. The van der Waals surface area contributed by atoms with Gasteiger partial charge in [0.05, 0.1) is 13.7 Å².